The van der Waals surface area contributed by atoms with Crippen molar-refractivity contribution in [2.24, 2.45) is 0 Å². The Labute approximate surface area is 135 Å². The van der Waals surface area contributed by atoms with Gasteiger partial charge in [-0.1, -0.05) is 23.7 Å². The molecule has 0 aromatic heterocycles. The summed E-state index contributed by atoms with van der Waals surface area (Å²) < 4.78 is 17.8. The first kappa shape index (κ1) is 16.7. The minimum absolute atomic E-state index is 0.0380. The molecule has 0 bridgehead atoms. The number of hydrogen-bond donors (Lipinski definition) is 0. The van der Waals surface area contributed by atoms with Gasteiger partial charge in [0.25, 0.3) is 5.91 Å². The SMILES string of the molecule is [B]c1cc(CN(C)C(=O)c2cccc(C(=O)OC)c2)ccc1F. The Bertz CT molecular complexity index is 748. The van der Waals surface area contributed by atoms with E-state index in [4.69, 9.17) is 7.85 Å². The van der Waals surface area contributed by atoms with Crippen LogP contribution in [0, 0.1) is 5.82 Å². The summed E-state index contributed by atoms with van der Waals surface area (Å²) in [5.74, 6) is -1.26. The molecule has 0 unspecified atom stereocenters. The molecule has 2 aromatic rings. The lowest BCUT2D eigenvalue weighted by Gasteiger charge is -2.18. The Morgan fingerprint density at radius 3 is 2.52 bits per heavy atom. The van der Waals surface area contributed by atoms with Crippen molar-refractivity contribution in [2.45, 2.75) is 6.54 Å². The summed E-state index contributed by atoms with van der Waals surface area (Å²) in [6, 6.07) is 10.6. The molecule has 2 aromatic carbocycles. The summed E-state index contributed by atoms with van der Waals surface area (Å²) in [4.78, 5) is 25.4. The molecule has 2 rings (SSSR count). The van der Waals surface area contributed by atoms with E-state index >= 15 is 0 Å². The van der Waals surface area contributed by atoms with Gasteiger partial charge in [0, 0.05) is 19.2 Å². The number of rotatable bonds is 4. The summed E-state index contributed by atoms with van der Waals surface area (Å²) in [5, 5.41) is 0. The first-order chi connectivity index (χ1) is 10.9. The number of hydrogen-bond acceptors (Lipinski definition) is 3. The number of nitrogens with zero attached hydrogens (tertiary/aromatic N) is 1. The van der Waals surface area contributed by atoms with E-state index in [2.05, 4.69) is 4.74 Å². The van der Waals surface area contributed by atoms with Gasteiger partial charge in [-0.2, -0.15) is 0 Å². The smallest absolute Gasteiger partial charge is 0.337 e. The lowest BCUT2D eigenvalue weighted by atomic mass is 9.93. The van der Waals surface area contributed by atoms with Crippen molar-refractivity contribution < 1.29 is 18.7 Å². The van der Waals surface area contributed by atoms with Crippen LogP contribution in [-0.4, -0.2) is 38.8 Å². The van der Waals surface area contributed by atoms with Gasteiger partial charge < -0.3 is 9.64 Å². The average Bonchev–Trinajstić information content (AvgIpc) is 2.56. The number of carbonyl (C=O) groups is 2. The van der Waals surface area contributed by atoms with E-state index in [-0.39, 0.29) is 17.9 Å². The van der Waals surface area contributed by atoms with Crippen LogP contribution in [0.15, 0.2) is 42.5 Å². The molecule has 0 aliphatic heterocycles. The van der Waals surface area contributed by atoms with Gasteiger partial charge >= 0.3 is 5.97 Å². The zero-order valence-corrected chi connectivity index (χ0v) is 12.9. The number of methoxy groups -OCH3 is 1. The molecule has 0 spiro atoms. The van der Waals surface area contributed by atoms with Gasteiger partial charge in [0.05, 0.1) is 12.7 Å². The highest BCUT2D eigenvalue weighted by atomic mass is 19.1. The molecule has 0 atom stereocenters. The Kier molecular flexibility index (Phi) is 5.16. The second-order valence-corrected chi connectivity index (χ2v) is 5.09. The Morgan fingerprint density at radius 1 is 1.17 bits per heavy atom. The van der Waals surface area contributed by atoms with Crippen LogP contribution in [0.5, 0.6) is 0 Å². The van der Waals surface area contributed by atoms with E-state index in [1.54, 1.807) is 31.3 Å². The van der Waals surface area contributed by atoms with Crippen molar-refractivity contribution in [2.75, 3.05) is 14.2 Å². The molecule has 0 heterocycles. The fourth-order valence-corrected chi connectivity index (χ4v) is 2.15. The first-order valence-electron chi connectivity index (χ1n) is 6.90. The van der Waals surface area contributed by atoms with Crippen molar-refractivity contribution >= 4 is 25.2 Å². The molecule has 0 N–H and O–H groups in total. The summed E-state index contributed by atoms with van der Waals surface area (Å²) in [6.45, 7) is 0.270. The minimum atomic E-state index is -0.506. The van der Waals surface area contributed by atoms with Gasteiger partial charge in [-0.3, -0.25) is 4.79 Å². The molecule has 2 radical (unpaired) electrons. The quantitative estimate of drug-likeness (QED) is 0.637. The molecular formula is C17H15BFNO3. The number of halogens is 1. The Hall–Kier alpha value is -2.63. The van der Waals surface area contributed by atoms with Crippen molar-refractivity contribution in [1.29, 1.82) is 0 Å². The van der Waals surface area contributed by atoms with Gasteiger partial charge in [-0.15, -0.1) is 0 Å². The summed E-state index contributed by atoms with van der Waals surface area (Å²) in [6.07, 6.45) is 0. The van der Waals surface area contributed by atoms with E-state index in [0.29, 0.717) is 16.7 Å². The van der Waals surface area contributed by atoms with Crippen LogP contribution >= 0.6 is 0 Å². The highest BCUT2D eigenvalue weighted by molar-refractivity contribution is 6.32. The van der Waals surface area contributed by atoms with Crippen LogP contribution in [0.25, 0.3) is 0 Å². The molecule has 6 heteroatoms. The normalized spacial score (nSPS) is 10.2. The molecule has 0 fully saturated rings. The maximum Gasteiger partial charge on any atom is 0.337 e. The fraction of sp³-hybridized carbons (Fsp3) is 0.176. The second kappa shape index (κ2) is 7.09. The highest BCUT2D eigenvalue weighted by Crippen LogP contribution is 2.11. The molecular weight excluding hydrogens is 296 g/mol. The molecule has 0 saturated carbocycles. The van der Waals surface area contributed by atoms with E-state index in [1.165, 1.54) is 30.2 Å². The van der Waals surface area contributed by atoms with E-state index in [0.717, 1.165) is 0 Å². The van der Waals surface area contributed by atoms with Crippen LogP contribution in [0.4, 0.5) is 4.39 Å². The average molecular weight is 311 g/mol. The summed E-state index contributed by atoms with van der Waals surface area (Å²) >= 11 is 0. The minimum Gasteiger partial charge on any atom is -0.465 e. The Balaban J connectivity index is 2.16. The number of amides is 1. The number of esters is 1. The molecule has 0 saturated heterocycles. The standard InChI is InChI=1S/C17H15BFNO3/c1-20(10-11-6-7-15(19)14(18)8-11)16(21)12-4-3-5-13(9-12)17(22)23-2/h3-9H,10H2,1-2H3. The molecule has 4 nitrogen and oxygen atoms in total. The topological polar surface area (TPSA) is 46.6 Å². The van der Waals surface area contributed by atoms with Crippen LogP contribution in [0.2, 0.25) is 0 Å². The predicted molar refractivity (Wildman–Crippen MR) is 85.4 cm³/mol. The first-order valence-corrected chi connectivity index (χ1v) is 6.90. The van der Waals surface area contributed by atoms with Gasteiger partial charge in [0.1, 0.15) is 13.7 Å². The number of benzene rings is 2. The molecule has 116 valence electrons. The van der Waals surface area contributed by atoms with Crippen molar-refractivity contribution in [3.05, 3.63) is 65.0 Å². The second-order valence-electron chi connectivity index (χ2n) is 5.09. The fourth-order valence-electron chi connectivity index (χ4n) is 2.15. The largest absolute Gasteiger partial charge is 0.465 e. The van der Waals surface area contributed by atoms with Gasteiger partial charge in [0.15, 0.2) is 0 Å². The predicted octanol–water partition coefficient (Wildman–Crippen LogP) is 1.68. The van der Waals surface area contributed by atoms with E-state index < -0.39 is 11.8 Å². The van der Waals surface area contributed by atoms with Crippen molar-refractivity contribution in [3.8, 4) is 0 Å². The van der Waals surface area contributed by atoms with Gasteiger partial charge in [-0.25, -0.2) is 9.18 Å². The lowest BCUT2D eigenvalue weighted by molar-refractivity contribution is 0.0600. The maximum atomic E-state index is 13.2. The van der Waals surface area contributed by atoms with Crippen LogP contribution < -0.4 is 5.46 Å². The van der Waals surface area contributed by atoms with E-state index in [9.17, 15) is 14.0 Å². The van der Waals surface area contributed by atoms with Crippen LogP contribution in [-0.2, 0) is 11.3 Å². The van der Waals surface area contributed by atoms with Gasteiger partial charge in [0.2, 0.25) is 0 Å². The van der Waals surface area contributed by atoms with Crippen molar-refractivity contribution in [1.82, 2.24) is 4.90 Å². The number of ether oxygens (including phenoxy) is 1. The molecule has 0 aliphatic rings. The summed E-state index contributed by atoms with van der Waals surface area (Å²) in [7, 11) is 8.42. The van der Waals surface area contributed by atoms with Crippen LogP contribution in [0.3, 0.4) is 0 Å². The summed E-state index contributed by atoms with van der Waals surface area (Å²) in [5.41, 5.74) is 1.42. The maximum absolute atomic E-state index is 13.2. The van der Waals surface area contributed by atoms with E-state index in [1.807, 2.05) is 0 Å². The zero-order chi connectivity index (χ0) is 17.0. The third-order valence-electron chi connectivity index (χ3n) is 3.36. The zero-order valence-electron chi connectivity index (χ0n) is 12.9. The molecule has 23 heavy (non-hydrogen) atoms. The number of carbonyl (C=O) groups excluding carboxylic acids is 2. The monoisotopic (exact) mass is 311 g/mol. The molecule has 1 amide bonds. The van der Waals surface area contributed by atoms with Gasteiger partial charge in [-0.05, 0) is 29.8 Å². The molecule has 0 aliphatic carbocycles. The van der Waals surface area contributed by atoms with Crippen molar-refractivity contribution in [3.63, 3.8) is 0 Å². The lowest BCUT2D eigenvalue weighted by Crippen LogP contribution is -2.27. The van der Waals surface area contributed by atoms with Crippen LogP contribution in [0.1, 0.15) is 26.3 Å². The third kappa shape index (κ3) is 3.97. The Morgan fingerprint density at radius 2 is 1.87 bits per heavy atom. The highest BCUT2D eigenvalue weighted by Gasteiger charge is 2.15. The third-order valence-corrected chi connectivity index (χ3v) is 3.36.